The molecule has 2 rings (SSSR count). The summed E-state index contributed by atoms with van der Waals surface area (Å²) >= 11 is 0. The van der Waals surface area contributed by atoms with E-state index >= 15 is 0 Å². The van der Waals surface area contributed by atoms with Crippen LogP contribution in [0.1, 0.15) is 51.4 Å². The van der Waals surface area contributed by atoms with Crippen LogP contribution in [0.2, 0.25) is 0 Å². The summed E-state index contributed by atoms with van der Waals surface area (Å²) in [6.07, 6.45) is 8.40. The summed E-state index contributed by atoms with van der Waals surface area (Å²) in [6.45, 7) is 1.44. The van der Waals surface area contributed by atoms with Gasteiger partial charge in [-0.1, -0.05) is 32.1 Å². The number of nitriles is 1. The smallest absolute Gasteiger partial charge is 0.0968 e. The standard InChI is InChI=1S/C13H22N2O/c14-10-12(13(16)8-9-15-11-13)6-4-2-1-3-5-7-12/h15-16H,1-9,11H2. The number of rotatable bonds is 1. The number of nitrogens with zero attached hydrogens (tertiary/aromatic N) is 1. The van der Waals surface area contributed by atoms with Crippen LogP contribution >= 0.6 is 0 Å². The summed E-state index contributed by atoms with van der Waals surface area (Å²) in [7, 11) is 0. The maximum Gasteiger partial charge on any atom is 0.0968 e. The lowest BCUT2D eigenvalue weighted by Crippen LogP contribution is -2.49. The van der Waals surface area contributed by atoms with Crippen LogP contribution in [0.3, 0.4) is 0 Å². The molecule has 1 aliphatic heterocycles. The van der Waals surface area contributed by atoms with Gasteiger partial charge in [-0.3, -0.25) is 0 Å². The molecule has 2 N–H and O–H groups in total. The van der Waals surface area contributed by atoms with Crippen LogP contribution in [0.15, 0.2) is 0 Å². The van der Waals surface area contributed by atoms with Gasteiger partial charge in [0, 0.05) is 6.54 Å². The van der Waals surface area contributed by atoms with Gasteiger partial charge in [-0.15, -0.1) is 0 Å². The zero-order chi connectivity index (χ0) is 11.5. The molecule has 1 heterocycles. The summed E-state index contributed by atoms with van der Waals surface area (Å²) in [5.74, 6) is 0. The molecule has 1 aliphatic carbocycles. The minimum atomic E-state index is -0.779. The quantitative estimate of drug-likeness (QED) is 0.713. The molecular weight excluding hydrogens is 200 g/mol. The van der Waals surface area contributed by atoms with Gasteiger partial charge in [-0.25, -0.2) is 0 Å². The van der Waals surface area contributed by atoms with Gasteiger partial charge >= 0.3 is 0 Å². The average molecular weight is 222 g/mol. The fraction of sp³-hybridized carbons (Fsp3) is 0.923. The molecule has 2 aliphatic rings. The summed E-state index contributed by atoms with van der Waals surface area (Å²) < 4.78 is 0. The van der Waals surface area contributed by atoms with E-state index in [1.807, 2.05) is 0 Å². The van der Waals surface area contributed by atoms with Crippen molar-refractivity contribution in [2.24, 2.45) is 5.41 Å². The van der Waals surface area contributed by atoms with Crippen LogP contribution in [0, 0.1) is 16.7 Å². The summed E-state index contributed by atoms with van der Waals surface area (Å²) in [4.78, 5) is 0. The summed E-state index contributed by atoms with van der Waals surface area (Å²) in [5, 5.41) is 23.4. The first-order valence-corrected chi connectivity index (χ1v) is 6.57. The second kappa shape index (κ2) is 4.73. The van der Waals surface area contributed by atoms with Gasteiger partial charge in [0.1, 0.15) is 0 Å². The molecule has 3 nitrogen and oxygen atoms in total. The summed E-state index contributed by atoms with van der Waals surface area (Å²) in [6, 6.07) is 2.48. The molecule has 1 atom stereocenters. The van der Waals surface area contributed by atoms with Crippen LogP contribution < -0.4 is 5.32 Å². The predicted octanol–water partition coefficient (Wildman–Crippen LogP) is 1.97. The minimum absolute atomic E-state index is 0.489. The molecule has 1 unspecified atom stereocenters. The second-order valence-corrected chi connectivity index (χ2v) is 5.42. The first-order valence-electron chi connectivity index (χ1n) is 6.57. The number of aliphatic hydroxyl groups is 1. The molecule has 0 radical (unpaired) electrons. The molecule has 2 fully saturated rings. The molecule has 0 spiro atoms. The first kappa shape index (κ1) is 11.9. The van der Waals surface area contributed by atoms with Gasteiger partial charge in [0.05, 0.1) is 17.1 Å². The highest BCUT2D eigenvalue weighted by atomic mass is 16.3. The predicted molar refractivity (Wildman–Crippen MR) is 62.8 cm³/mol. The van der Waals surface area contributed by atoms with Crippen LogP contribution in [0.4, 0.5) is 0 Å². The number of nitrogens with one attached hydrogen (secondary N) is 1. The van der Waals surface area contributed by atoms with Gasteiger partial charge < -0.3 is 10.4 Å². The van der Waals surface area contributed by atoms with E-state index in [-0.39, 0.29) is 0 Å². The second-order valence-electron chi connectivity index (χ2n) is 5.42. The molecule has 0 aromatic heterocycles. The highest BCUT2D eigenvalue weighted by Gasteiger charge is 2.51. The number of hydrogen-bond acceptors (Lipinski definition) is 3. The molecule has 1 saturated carbocycles. The van der Waals surface area contributed by atoms with Crippen molar-refractivity contribution in [1.82, 2.24) is 5.32 Å². The van der Waals surface area contributed by atoms with Gasteiger partial charge in [-0.2, -0.15) is 5.26 Å². The third kappa shape index (κ3) is 1.97. The highest BCUT2D eigenvalue weighted by molar-refractivity contribution is 5.14. The third-order valence-electron chi connectivity index (χ3n) is 4.44. The van der Waals surface area contributed by atoms with Crippen LogP contribution in [-0.2, 0) is 0 Å². The molecule has 90 valence electrons. The fourth-order valence-electron chi connectivity index (χ4n) is 3.28. The Morgan fingerprint density at radius 1 is 1.00 bits per heavy atom. The normalized spacial score (nSPS) is 35.0. The molecule has 0 aromatic rings. The first-order chi connectivity index (χ1) is 7.72. The lowest BCUT2D eigenvalue weighted by atomic mass is 9.65. The van der Waals surface area contributed by atoms with Crippen LogP contribution in [0.5, 0.6) is 0 Å². The molecule has 3 heteroatoms. The minimum Gasteiger partial charge on any atom is -0.387 e. The van der Waals surface area contributed by atoms with Crippen molar-refractivity contribution in [3.8, 4) is 6.07 Å². The van der Waals surface area contributed by atoms with Crippen molar-refractivity contribution in [3.63, 3.8) is 0 Å². The van der Waals surface area contributed by atoms with E-state index < -0.39 is 11.0 Å². The Morgan fingerprint density at radius 3 is 2.12 bits per heavy atom. The lowest BCUT2D eigenvalue weighted by Gasteiger charge is -2.41. The average Bonchev–Trinajstić information content (AvgIpc) is 2.67. The third-order valence-corrected chi connectivity index (χ3v) is 4.44. The Hall–Kier alpha value is -0.590. The van der Waals surface area contributed by atoms with Gasteiger partial charge in [0.15, 0.2) is 0 Å². The van der Waals surface area contributed by atoms with Crippen molar-refractivity contribution in [2.75, 3.05) is 13.1 Å². The maximum atomic E-state index is 10.7. The molecule has 0 bridgehead atoms. The highest BCUT2D eigenvalue weighted by Crippen LogP contribution is 2.45. The number of hydrogen-bond donors (Lipinski definition) is 2. The van der Waals surface area contributed by atoms with Gasteiger partial charge in [0.2, 0.25) is 0 Å². The van der Waals surface area contributed by atoms with E-state index in [9.17, 15) is 10.4 Å². The number of β-amino-alcohol motifs (C(OH)–C–C–N with tert-alkyl or cyclic N) is 1. The topological polar surface area (TPSA) is 56.0 Å². The van der Waals surface area contributed by atoms with Crippen molar-refractivity contribution < 1.29 is 5.11 Å². The van der Waals surface area contributed by atoms with E-state index in [1.54, 1.807) is 0 Å². The van der Waals surface area contributed by atoms with E-state index in [0.717, 1.165) is 38.6 Å². The van der Waals surface area contributed by atoms with Crippen molar-refractivity contribution in [1.29, 1.82) is 5.26 Å². The fourth-order valence-corrected chi connectivity index (χ4v) is 3.28. The van der Waals surface area contributed by atoms with Gasteiger partial charge in [0.25, 0.3) is 0 Å². The molecule has 0 amide bonds. The van der Waals surface area contributed by atoms with Crippen molar-refractivity contribution in [3.05, 3.63) is 0 Å². The Labute approximate surface area is 97.8 Å². The van der Waals surface area contributed by atoms with Crippen LogP contribution in [0.25, 0.3) is 0 Å². The van der Waals surface area contributed by atoms with Crippen molar-refractivity contribution in [2.45, 2.75) is 57.0 Å². The van der Waals surface area contributed by atoms with Gasteiger partial charge in [-0.05, 0) is 25.8 Å². The Kier molecular flexibility index (Phi) is 3.51. The Bertz CT molecular complexity index is 268. The van der Waals surface area contributed by atoms with E-state index in [2.05, 4.69) is 11.4 Å². The van der Waals surface area contributed by atoms with E-state index in [1.165, 1.54) is 19.3 Å². The maximum absolute atomic E-state index is 10.7. The monoisotopic (exact) mass is 222 g/mol. The molecule has 0 aromatic carbocycles. The zero-order valence-electron chi connectivity index (χ0n) is 9.97. The molecule has 16 heavy (non-hydrogen) atoms. The Morgan fingerprint density at radius 2 is 1.62 bits per heavy atom. The summed E-state index contributed by atoms with van der Waals surface area (Å²) in [5.41, 5.74) is -1.27. The Balaban J connectivity index is 2.18. The zero-order valence-corrected chi connectivity index (χ0v) is 9.97. The largest absolute Gasteiger partial charge is 0.387 e. The van der Waals surface area contributed by atoms with E-state index in [0.29, 0.717) is 6.54 Å². The van der Waals surface area contributed by atoms with E-state index in [4.69, 9.17) is 0 Å². The molecule has 1 saturated heterocycles. The van der Waals surface area contributed by atoms with Crippen molar-refractivity contribution >= 4 is 0 Å². The van der Waals surface area contributed by atoms with Crippen LogP contribution in [-0.4, -0.2) is 23.8 Å². The lowest BCUT2D eigenvalue weighted by molar-refractivity contribution is -0.0507. The molecular formula is C13H22N2O. The SMILES string of the molecule is N#CC1(C2(O)CCNC2)CCCCCCC1.